The van der Waals surface area contributed by atoms with Crippen molar-refractivity contribution in [1.29, 1.82) is 0 Å². The summed E-state index contributed by atoms with van der Waals surface area (Å²) in [6.45, 7) is 0.410. The lowest BCUT2D eigenvalue weighted by molar-refractivity contribution is -0.143. The van der Waals surface area contributed by atoms with Gasteiger partial charge in [0.05, 0.1) is 26.3 Å². The van der Waals surface area contributed by atoms with Crippen molar-refractivity contribution < 1.29 is 18.7 Å². The highest BCUT2D eigenvalue weighted by Gasteiger charge is 2.12. The third-order valence-corrected chi connectivity index (χ3v) is 2.17. The zero-order chi connectivity index (χ0) is 12.0. The van der Waals surface area contributed by atoms with Crippen molar-refractivity contribution in [2.45, 2.75) is 19.4 Å². The molecule has 0 radical (unpaired) electrons. The Hall–Kier alpha value is -1.78. The van der Waals surface area contributed by atoms with Gasteiger partial charge in [0.1, 0.15) is 5.76 Å². The molecule has 0 saturated carbocycles. The Morgan fingerprint density at radius 3 is 2.75 bits per heavy atom. The summed E-state index contributed by atoms with van der Waals surface area (Å²) in [4.78, 5) is 23.9. The Labute approximate surface area is 94.0 Å². The van der Waals surface area contributed by atoms with Gasteiger partial charge in [0, 0.05) is 13.5 Å². The van der Waals surface area contributed by atoms with Crippen LogP contribution in [-0.2, 0) is 20.9 Å². The van der Waals surface area contributed by atoms with E-state index in [0.717, 1.165) is 0 Å². The molecule has 0 aromatic carbocycles. The Balaban J connectivity index is 2.33. The van der Waals surface area contributed by atoms with E-state index in [9.17, 15) is 9.59 Å². The molecule has 1 heterocycles. The van der Waals surface area contributed by atoms with Gasteiger partial charge in [0.15, 0.2) is 0 Å². The maximum absolute atomic E-state index is 11.6. The van der Waals surface area contributed by atoms with Gasteiger partial charge in [-0.25, -0.2) is 0 Å². The monoisotopic (exact) mass is 225 g/mol. The van der Waals surface area contributed by atoms with Crippen molar-refractivity contribution in [3.8, 4) is 0 Å². The van der Waals surface area contributed by atoms with E-state index in [0.29, 0.717) is 12.3 Å². The fourth-order valence-corrected chi connectivity index (χ4v) is 1.23. The molecule has 1 aromatic heterocycles. The fourth-order valence-electron chi connectivity index (χ4n) is 1.23. The first-order chi connectivity index (χ1) is 7.63. The Kier molecular flexibility index (Phi) is 4.57. The lowest BCUT2D eigenvalue weighted by atomic mass is 10.3. The van der Waals surface area contributed by atoms with Gasteiger partial charge in [-0.15, -0.1) is 0 Å². The predicted octanol–water partition coefficient (Wildman–Crippen LogP) is 1.19. The van der Waals surface area contributed by atoms with Crippen LogP contribution in [0.25, 0.3) is 0 Å². The molecule has 88 valence electrons. The number of carbonyl (C=O) groups is 2. The molecule has 0 N–H and O–H groups in total. The number of esters is 1. The number of carbonyl (C=O) groups excluding carboxylic acids is 2. The van der Waals surface area contributed by atoms with Crippen molar-refractivity contribution in [2.75, 3.05) is 14.2 Å². The Morgan fingerprint density at radius 2 is 2.19 bits per heavy atom. The van der Waals surface area contributed by atoms with Crippen LogP contribution in [0.4, 0.5) is 0 Å². The molecule has 5 heteroatoms. The van der Waals surface area contributed by atoms with Gasteiger partial charge in [-0.1, -0.05) is 0 Å². The molecule has 5 nitrogen and oxygen atoms in total. The molecule has 0 unspecified atom stereocenters. The van der Waals surface area contributed by atoms with E-state index in [2.05, 4.69) is 4.74 Å². The van der Waals surface area contributed by atoms with Crippen LogP contribution >= 0.6 is 0 Å². The lowest BCUT2D eigenvalue weighted by Crippen LogP contribution is -2.26. The van der Waals surface area contributed by atoms with Crippen LogP contribution in [-0.4, -0.2) is 30.9 Å². The SMILES string of the molecule is COC(=O)CCC(=O)N(C)Cc1ccco1. The van der Waals surface area contributed by atoms with E-state index in [-0.39, 0.29) is 24.7 Å². The lowest BCUT2D eigenvalue weighted by Gasteiger charge is -2.15. The summed E-state index contributed by atoms with van der Waals surface area (Å²) in [5, 5.41) is 0. The second kappa shape index (κ2) is 5.95. The molecule has 0 fully saturated rings. The van der Waals surface area contributed by atoms with E-state index >= 15 is 0 Å². The molecule has 1 aromatic rings. The van der Waals surface area contributed by atoms with Crippen LogP contribution in [0.5, 0.6) is 0 Å². The molecule has 0 saturated heterocycles. The number of methoxy groups -OCH3 is 1. The number of ether oxygens (including phenoxy) is 1. The van der Waals surface area contributed by atoms with Crippen molar-refractivity contribution in [3.63, 3.8) is 0 Å². The quantitative estimate of drug-likeness (QED) is 0.706. The summed E-state index contributed by atoms with van der Waals surface area (Å²) in [6, 6.07) is 3.56. The number of amides is 1. The molecule has 0 aliphatic carbocycles. The predicted molar refractivity (Wildman–Crippen MR) is 56.4 cm³/mol. The summed E-state index contributed by atoms with van der Waals surface area (Å²) in [5.74, 6) is 0.232. The fraction of sp³-hybridized carbons (Fsp3) is 0.455. The Bertz CT molecular complexity index is 345. The molecule has 0 atom stereocenters. The number of hydrogen-bond acceptors (Lipinski definition) is 4. The van der Waals surface area contributed by atoms with Crippen LogP contribution < -0.4 is 0 Å². The van der Waals surface area contributed by atoms with Crippen LogP contribution in [0.3, 0.4) is 0 Å². The summed E-state index contributed by atoms with van der Waals surface area (Å²) < 4.78 is 9.57. The first-order valence-corrected chi connectivity index (χ1v) is 4.96. The van der Waals surface area contributed by atoms with E-state index in [1.807, 2.05) is 0 Å². The second-order valence-corrected chi connectivity index (χ2v) is 3.41. The minimum Gasteiger partial charge on any atom is -0.469 e. The summed E-state index contributed by atoms with van der Waals surface area (Å²) in [5.41, 5.74) is 0. The van der Waals surface area contributed by atoms with E-state index in [4.69, 9.17) is 4.42 Å². The van der Waals surface area contributed by atoms with Crippen molar-refractivity contribution >= 4 is 11.9 Å². The molecule has 1 rings (SSSR count). The third-order valence-electron chi connectivity index (χ3n) is 2.17. The van der Waals surface area contributed by atoms with Crippen LogP contribution in [0, 0.1) is 0 Å². The van der Waals surface area contributed by atoms with Gasteiger partial charge in [0.2, 0.25) is 5.91 Å². The third kappa shape index (κ3) is 3.76. The van der Waals surface area contributed by atoms with E-state index < -0.39 is 0 Å². The highest BCUT2D eigenvalue weighted by molar-refractivity contribution is 5.81. The number of rotatable bonds is 5. The minimum atomic E-state index is -0.375. The topological polar surface area (TPSA) is 59.8 Å². The summed E-state index contributed by atoms with van der Waals surface area (Å²) in [7, 11) is 2.97. The number of hydrogen-bond donors (Lipinski definition) is 0. The van der Waals surface area contributed by atoms with Crippen molar-refractivity contribution in [1.82, 2.24) is 4.90 Å². The number of nitrogens with zero attached hydrogens (tertiary/aromatic N) is 1. The van der Waals surface area contributed by atoms with Crippen LogP contribution in [0.1, 0.15) is 18.6 Å². The largest absolute Gasteiger partial charge is 0.469 e. The molecule has 1 amide bonds. The van der Waals surface area contributed by atoms with Gasteiger partial charge in [0.25, 0.3) is 0 Å². The van der Waals surface area contributed by atoms with Crippen LogP contribution in [0.2, 0.25) is 0 Å². The average Bonchev–Trinajstić information content (AvgIpc) is 2.77. The van der Waals surface area contributed by atoms with Gasteiger partial charge >= 0.3 is 5.97 Å². The smallest absolute Gasteiger partial charge is 0.306 e. The molecule has 0 aliphatic rings. The first-order valence-electron chi connectivity index (χ1n) is 4.96. The standard InChI is InChI=1S/C11H15NO4/c1-12(8-9-4-3-7-16-9)10(13)5-6-11(14)15-2/h3-4,7H,5-6,8H2,1-2H3. The zero-order valence-electron chi connectivity index (χ0n) is 9.43. The first kappa shape index (κ1) is 12.3. The average molecular weight is 225 g/mol. The maximum Gasteiger partial charge on any atom is 0.306 e. The normalized spacial score (nSPS) is 9.88. The second-order valence-electron chi connectivity index (χ2n) is 3.41. The van der Waals surface area contributed by atoms with Gasteiger partial charge in [-0.05, 0) is 12.1 Å². The minimum absolute atomic E-state index is 0.109. The van der Waals surface area contributed by atoms with Gasteiger partial charge < -0.3 is 14.1 Å². The molecule has 16 heavy (non-hydrogen) atoms. The maximum atomic E-state index is 11.6. The highest BCUT2D eigenvalue weighted by atomic mass is 16.5. The van der Waals surface area contributed by atoms with Crippen LogP contribution in [0.15, 0.2) is 22.8 Å². The van der Waals surface area contributed by atoms with E-state index in [1.165, 1.54) is 12.0 Å². The zero-order valence-corrected chi connectivity index (χ0v) is 9.43. The van der Waals surface area contributed by atoms with Gasteiger partial charge in [-0.3, -0.25) is 9.59 Å². The molecule has 0 aliphatic heterocycles. The number of furan rings is 1. The highest BCUT2D eigenvalue weighted by Crippen LogP contribution is 2.06. The van der Waals surface area contributed by atoms with Gasteiger partial charge in [-0.2, -0.15) is 0 Å². The summed E-state index contributed by atoms with van der Waals surface area (Å²) in [6.07, 6.45) is 1.82. The molecule has 0 bridgehead atoms. The molecular weight excluding hydrogens is 210 g/mol. The van der Waals surface area contributed by atoms with Crippen molar-refractivity contribution in [3.05, 3.63) is 24.2 Å². The Morgan fingerprint density at radius 1 is 1.44 bits per heavy atom. The molecule has 0 spiro atoms. The molecular formula is C11H15NO4. The van der Waals surface area contributed by atoms with E-state index in [1.54, 1.807) is 25.4 Å². The van der Waals surface area contributed by atoms with Crippen molar-refractivity contribution in [2.24, 2.45) is 0 Å². The summed E-state index contributed by atoms with van der Waals surface area (Å²) >= 11 is 0.